The van der Waals surface area contributed by atoms with Gasteiger partial charge in [0, 0.05) is 18.6 Å². The Bertz CT molecular complexity index is 773. The van der Waals surface area contributed by atoms with Crippen molar-refractivity contribution in [2.45, 2.75) is 41.5 Å². The summed E-state index contributed by atoms with van der Waals surface area (Å²) < 4.78 is 47.5. The highest BCUT2D eigenvalue weighted by molar-refractivity contribution is 7.91. The topological polar surface area (TPSA) is 106 Å². The van der Waals surface area contributed by atoms with E-state index in [2.05, 4.69) is 5.32 Å². The second-order valence-electron chi connectivity index (χ2n) is 6.23. The normalized spacial score (nSPS) is 22.7. The van der Waals surface area contributed by atoms with Gasteiger partial charge < -0.3 is 11.1 Å². The van der Waals surface area contributed by atoms with E-state index in [0.717, 1.165) is 38.2 Å². The van der Waals surface area contributed by atoms with Gasteiger partial charge in [-0.2, -0.15) is 0 Å². The number of hydrogen-bond donors (Lipinski definition) is 2. The summed E-state index contributed by atoms with van der Waals surface area (Å²) in [5, 5.41) is 3.28. The van der Waals surface area contributed by atoms with Crippen LogP contribution in [-0.2, 0) is 19.7 Å². The molecule has 23 heavy (non-hydrogen) atoms. The van der Waals surface area contributed by atoms with Gasteiger partial charge in [0.2, 0.25) is 0 Å². The molecular formula is C15H24N2O4S2. The first-order valence-electron chi connectivity index (χ1n) is 7.63. The molecule has 2 atom stereocenters. The lowest BCUT2D eigenvalue weighted by Gasteiger charge is -2.32. The Morgan fingerprint density at radius 3 is 2.30 bits per heavy atom. The van der Waals surface area contributed by atoms with Gasteiger partial charge in [-0.15, -0.1) is 0 Å². The van der Waals surface area contributed by atoms with Crippen molar-refractivity contribution in [2.75, 3.05) is 24.4 Å². The van der Waals surface area contributed by atoms with Crippen LogP contribution in [0.15, 0.2) is 28.0 Å². The van der Waals surface area contributed by atoms with Gasteiger partial charge in [-0.05, 0) is 43.5 Å². The van der Waals surface area contributed by atoms with Crippen molar-refractivity contribution >= 4 is 25.4 Å². The molecule has 3 N–H and O–H groups in total. The van der Waals surface area contributed by atoms with Crippen molar-refractivity contribution in [2.24, 2.45) is 11.7 Å². The first-order chi connectivity index (χ1) is 10.6. The number of benzene rings is 1. The first-order valence-corrected chi connectivity index (χ1v) is 11.4. The third-order valence-corrected chi connectivity index (χ3v) is 6.58. The van der Waals surface area contributed by atoms with Crippen LogP contribution in [0.5, 0.6) is 0 Å². The molecule has 2 unspecified atom stereocenters. The Morgan fingerprint density at radius 1 is 1.09 bits per heavy atom. The average molecular weight is 361 g/mol. The Kier molecular flexibility index (Phi) is 5.37. The van der Waals surface area contributed by atoms with Gasteiger partial charge in [0.05, 0.1) is 15.5 Å². The standard InChI is InChI=1S/C15H24N2O4S2/c1-22(18,19)12-7-8-14(15(9-12)23(2,20)21)17-13-6-4-3-5-11(13)10-16/h7-9,11,13,17H,3-6,10,16H2,1-2H3. The van der Waals surface area contributed by atoms with Gasteiger partial charge >= 0.3 is 0 Å². The molecular weight excluding hydrogens is 336 g/mol. The van der Waals surface area contributed by atoms with Gasteiger partial charge in [-0.1, -0.05) is 12.8 Å². The molecule has 1 aliphatic carbocycles. The molecule has 8 heteroatoms. The smallest absolute Gasteiger partial charge is 0.177 e. The van der Waals surface area contributed by atoms with E-state index in [-0.39, 0.29) is 15.8 Å². The minimum Gasteiger partial charge on any atom is -0.381 e. The molecule has 0 amide bonds. The summed E-state index contributed by atoms with van der Waals surface area (Å²) >= 11 is 0. The van der Waals surface area contributed by atoms with Gasteiger partial charge in [-0.25, -0.2) is 16.8 Å². The zero-order chi connectivity index (χ0) is 17.3. The molecule has 6 nitrogen and oxygen atoms in total. The second-order valence-corrected chi connectivity index (χ2v) is 10.2. The van der Waals surface area contributed by atoms with Crippen LogP contribution >= 0.6 is 0 Å². The molecule has 1 saturated carbocycles. The van der Waals surface area contributed by atoms with E-state index in [1.807, 2.05) is 0 Å². The Hall–Kier alpha value is -1.12. The minimum atomic E-state index is -3.55. The quantitative estimate of drug-likeness (QED) is 0.822. The zero-order valence-corrected chi connectivity index (χ0v) is 15.1. The summed E-state index contributed by atoms with van der Waals surface area (Å²) in [4.78, 5) is 0.0178. The predicted molar refractivity (Wildman–Crippen MR) is 91.1 cm³/mol. The molecule has 0 aromatic heterocycles. The van der Waals surface area contributed by atoms with Crippen LogP contribution < -0.4 is 11.1 Å². The van der Waals surface area contributed by atoms with E-state index in [4.69, 9.17) is 5.73 Å². The molecule has 1 aromatic rings. The first kappa shape index (κ1) is 18.2. The lowest BCUT2D eigenvalue weighted by atomic mass is 9.84. The molecule has 0 spiro atoms. The molecule has 0 heterocycles. The van der Waals surface area contributed by atoms with Crippen LogP contribution in [0.2, 0.25) is 0 Å². The SMILES string of the molecule is CS(=O)(=O)c1ccc(NC2CCCCC2CN)c(S(C)(=O)=O)c1. The summed E-state index contributed by atoms with van der Waals surface area (Å²) in [7, 11) is -7.01. The molecule has 0 aliphatic heterocycles. The summed E-state index contributed by atoms with van der Waals surface area (Å²) in [6.45, 7) is 0.549. The molecule has 2 rings (SSSR count). The average Bonchev–Trinajstić information content (AvgIpc) is 2.46. The van der Waals surface area contributed by atoms with E-state index < -0.39 is 19.7 Å². The number of nitrogens with two attached hydrogens (primary N) is 1. The monoisotopic (exact) mass is 360 g/mol. The molecule has 1 aliphatic rings. The van der Waals surface area contributed by atoms with Crippen LogP contribution in [0, 0.1) is 5.92 Å². The Balaban J connectivity index is 2.42. The van der Waals surface area contributed by atoms with Crippen LogP contribution in [0.4, 0.5) is 5.69 Å². The van der Waals surface area contributed by atoms with Gasteiger partial charge in [0.25, 0.3) is 0 Å². The Labute approximate surface area is 138 Å². The van der Waals surface area contributed by atoms with Crippen molar-refractivity contribution in [3.8, 4) is 0 Å². The summed E-state index contributed by atoms with van der Waals surface area (Å²) in [6, 6.07) is 4.31. The summed E-state index contributed by atoms with van der Waals surface area (Å²) in [6.07, 6.45) is 6.30. The number of nitrogens with one attached hydrogen (secondary N) is 1. The summed E-state index contributed by atoms with van der Waals surface area (Å²) in [5.41, 5.74) is 6.26. The maximum Gasteiger partial charge on any atom is 0.177 e. The fraction of sp³-hybridized carbons (Fsp3) is 0.600. The third kappa shape index (κ3) is 4.45. The van der Waals surface area contributed by atoms with Gasteiger partial charge in [-0.3, -0.25) is 0 Å². The fourth-order valence-corrected chi connectivity index (χ4v) is 4.63. The third-order valence-electron chi connectivity index (χ3n) is 4.33. The van der Waals surface area contributed by atoms with E-state index in [9.17, 15) is 16.8 Å². The zero-order valence-electron chi connectivity index (χ0n) is 13.4. The van der Waals surface area contributed by atoms with Crippen molar-refractivity contribution in [1.82, 2.24) is 0 Å². The number of hydrogen-bond acceptors (Lipinski definition) is 6. The molecule has 1 aromatic carbocycles. The van der Waals surface area contributed by atoms with E-state index >= 15 is 0 Å². The second kappa shape index (κ2) is 6.78. The molecule has 1 fully saturated rings. The van der Waals surface area contributed by atoms with Crippen LogP contribution in [0.3, 0.4) is 0 Å². The predicted octanol–water partition coefficient (Wildman–Crippen LogP) is 1.42. The molecule has 0 bridgehead atoms. The highest BCUT2D eigenvalue weighted by atomic mass is 32.2. The van der Waals surface area contributed by atoms with Crippen LogP contribution in [0.25, 0.3) is 0 Å². The maximum atomic E-state index is 12.1. The van der Waals surface area contributed by atoms with Crippen LogP contribution in [-0.4, -0.2) is 41.9 Å². The lowest BCUT2D eigenvalue weighted by Crippen LogP contribution is -2.37. The molecule has 130 valence electrons. The largest absolute Gasteiger partial charge is 0.381 e. The highest BCUT2D eigenvalue weighted by Gasteiger charge is 2.26. The van der Waals surface area contributed by atoms with Crippen molar-refractivity contribution in [3.05, 3.63) is 18.2 Å². The molecule has 0 radical (unpaired) electrons. The van der Waals surface area contributed by atoms with Crippen molar-refractivity contribution < 1.29 is 16.8 Å². The maximum absolute atomic E-state index is 12.1. The fourth-order valence-electron chi connectivity index (χ4n) is 3.04. The Morgan fingerprint density at radius 2 is 1.74 bits per heavy atom. The van der Waals surface area contributed by atoms with E-state index in [1.54, 1.807) is 0 Å². The summed E-state index contributed by atoms with van der Waals surface area (Å²) in [5.74, 6) is 0.297. The lowest BCUT2D eigenvalue weighted by molar-refractivity contribution is 0.332. The van der Waals surface area contributed by atoms with Crippen molar-refractivity contribution in [3.63, 3.8) is 0 Å². The molecule has 0 saturated heterocycles. The van der Waals surface area contributed by atoms with Gasteiger partial charge in [0.1, 0.15) is 0 Å². The highest BCUT2D eigenvalue weighted by Crippen LogP contribution is 2.30. The van der Waals surface area contributed by atoms with E-state index in [0.29, 0.717) is 18.2 Å². The minimum absolute atomic E-state index is 0.00231. The number of sulfone groups is 2. The number of rotatable bonds is 5. The van der Waals surface area contributed by atoms with E-state index in [1.165, 1.54) is 18.2 Å². The van der Waals surface area contributed by atoms with Gasteiger partial charge in [0.15, 0.2) is 19.7 Å². The number of anilines is 1. The van der Waals surface area contributed by atoms with Crippen molar-refractivity contribution in [1.29, 1.82) is 0 Å². The van der Waals surface area contributed by atoms with Crippen LogP contribution in [0.1, 0.15) is 25.7 Å².